The van der Waals surface area contributed by atoms with Gasteiger partial charge in [-0.3, -0.25) is 0 Å². The molecule has 3 aliphatic rings. The number of oxazole rings is 1. The Kier molecular flexibility index (Phi) is 6.68. The van der Waals surface area contributed by atoms with E-state index in [-0.39, 0.29) is 11.5 Å². The van der Waals surface area contributed by atoms with E-state index in [1.807, 2.05) is 24.3 Å². The predicted molar refractivity (Wildman–Crippen MR) is 149 cm³/mol. The molecule has 0 unspecified atom stereocenters. The quantitative estimate of drug-likeness (QED) is 0.457. The van der Waals surface area contributed by atoms with Crippen LogP contribution in [0.15, 0.2) is 53.1 Å². The molecule has 0 saturated carbocycles. The van der Waals surface area contributed by atoms with Gasteiger partial charge in [-0.1, -0.05) is 42.8 Å². The minimum absolute atomic E-state index is 0.217. The third kappa shape index (κ3) is 4.64. The Labute approximate surface area is 224 Å². The van der Waals surface area contributed by atoms with E-state index in [9.17, 15) is 5.11 Å². The second kappa shape index (κ2) is 9.97. The van der Waals surface area contributed by atoms with Crippen molar-refractivity contribution in [2.45, 2.75) is 44.6 Å². The van der Waals surface area contributed by atoms with Gasteiger partial charge in [0, 0.05) is 49.4 Å². The highest BCUT2D eigenvalue weighted by molar-refractivity contribution is 6.33. The third-order valence-electron chi connectivity index (χ3n) is 9.09. The number of aromatic nitrogens is 1. The summed E-state index contributed by atoms with van der Waals surface area (Å²) in [5, 5.41) is 15.5. The summed E-state index contributed by atoms with van der Waals surface area (Å²) >= 11 is 6.32. The molecular weight excluding hydrogens is 484 g/mol. The standard InChI is InChI=1S/C30H37ClN4O2/c1-20-7-8-24-26(15-20)33-19-30(24)11-14-34(17-21(30)2)18-27(36)22-9-12-35(13-10-22)29-32-16-28(37-29)23-5-3-4-6-25(23)31/h3-8,15-16,21-22,27,33,36H,9-14,17-19H2,1-2H3/t21-,27+,30-/m1/s1. The van der Waals surface area contributed by atoms with Crippen molar-refractivity contribution in [1.29, 1.82) is 0 Å². The Morgan fingerprint density at radius 3 is 2.78 bits per heavy atom. The number of β-amino-alcohol motifs (C(OH)–C–C–N with tert-alkyl or cyclic N) is 1. The van der Waals surface area contributed by atoms with Crippen LogP contribution < -0.4 is 10.2 Å². The number of piperidine rings is 2. The molecule has 196 valence electrons. The number of benzene rings is 2. The van der Waals surface area contributed by atoms with Crippen molar-refractivity contribution in [3.8, 4) is 11.3 Å². The first-order chi connectivity index (χ1) is 17.9. The Hall–Kier alpha value is -2.54. The van der Waals surface area contributed by atoms with Crippen molar-refractivity contribution < 1.29 is 9.52 Å². The number of aliphatic hydroxyl groups is 1. The number of anilines is 2. The number of fused-ring (bicyclic) bond motifs is 2. The van der Waals surface area contributed by atoms with Gasteiger partial charge in [0.2, 0.25) is 0 Å². The van der Waals surface area contributed by atoms with E-state index < -0.39 is 0 Å². The summed E-state index contributed by atoms with van der Waals surface area (Å²) in [6, 6.07) is 15.2. The summed E-state index contributed by atoms with van der Waals surface area (Å²) in [4.78, 5) is 9.18. The number of halogens is 1. The van der Waals surface area contributed by atoms with Gasteiger partial charge < -0.3 is 24.6 Å². The molecule has 2 saturated heterocycles. The largest absolute Gasteiger partial charge is 0.423 e. The maximum absolute atomic E-state index is 11.2. The highest BCUT2D eigenvalue weighted by Crippen LogP contribution is 2.47. The summed E-state index contributed by atoms with van der Waals surface area (Å²) in [6.07, 6.45) is 4.47. The molecule has 2 N–H and O–H groups in total. The monoisotopic (exact) mass is 520 g/mol. The summed E-state index contributed by atoms with van der Waals surface area (Å²) in [5.41, 5.74) is 5.19. The maximum Gasteiger partial charge on any atom is 0.297 e. The van der Waals surface area contributed by atoms with E-state index in [4.69, 9.17) is 16.0 Å². The molecule has 1 spiro atoms. The molecule has 3 aliphatic heterocycles. The number of nitrogens with zero attached hydrogens (tertiary/aromatic N) is 3. The van der Waals surface area contributed by atoms with E-state index in [1.165, 1.54) is 16.8 Å². The van der Waals surface area contributed by atoms with E-state index in [0.717, 1.165) is 64.1 Å². The SMILES string of the molecule is Cc1ccc2c(c1)NC[C@@]21CCN(C[C@H](O)C2CCN(c3ncc(-c4ccccc4Cl)o3)CC2)C[C@H]1C. The first-order valence-electron chi connectivity index (χ1n) is 13.6. The van der Waals surface area contributed by atoms with E-state index in [2.05, 4.69) is 52.1 Å². The zero-order valence-electron chi connectivity index (χ0n) is 21.8. The Morgan fingerprint density at radius 2 is 2.00 bits per heavy atom. The van der Waals surface area contributed by atoms with Crippen LogP contribution in [0.4, 0.5) is 11.7 Å². The lowest BCUT2D eigenvalue weighted by Gasteiger charge is -2.46. The second-order valence-electron chi connectivity index (χ2n) is 11.3. The summed E-state index contributed by atoms with van der Waals surface area (Å²) < 4.78 is 6.05. The first-order valence-corrected chi connectivity index (χ1v) is 14.0. The van der Waals surface area contributed by atoms with Crippen LogP contribution in [-0.4, -0.2) is 60.4 Å². The summed E-state index contributed by atoms with van der Waals surface area (Å²) in [6.45, 7) is 10.1. The van der Waals surface area contributed by atoms with Crippen LogP contribution in [0.5, 0.6) is 0 Å². The smallest absolute Gasteiger partial charge is 0.297 e. The molecule has 0 radical (unpaired) electrons. The average molecular weight is 521 g/mol. The Bertz CT molecular complexity index is 1250. The van der Waals surface area contributed by atoms with Crippen LogP contribution in [0.2, 0.25) is 5.02 Å². The number of hydrogen-bond donors (Lipinski definition) is 2. The number of nitrogens with one attached hydrogen (secondary N) is 1. The van der Waals surface area contributed by atoms with Gasteiger partial charge in [0.15, 0.2) is 5.76 Å². The van der Waals surface area contributed by atoms with E-state index >= 15 is 0 Å². The van der Waals surface area contributed by atoms with Crippen molar-refractivity contribution in [3.05, 3.63) is 64.8 Å². The highest BCUT2D eigenvalue weighted by Gasteiger charge is 2.46. The van der Waals surface area contributed by atoms with Crippen LogP contribution in [0.1, 0.15) is 37.3 Å². The van der Waals surface area contributed by atoms with Gasteiger partial charge in [0.05, 0.1) is 17.3 Å². The van der Waals surface area contributed by atoms with Crippen LogP contribution in [0, 0.1) is 18.8 Å². The zero-order chi connectivity index (χ0) is 25.6. The van der Waals surface area contributed by atoms with Gasteiger partial charge in [-0.25, -0.2) is 4.98 Å². The maximum atomic E-state index is 11.2. The molecule has 3 atom stereocenters. The van der Waals surface area contributed by atoms with Gasteiger partial charge in [-0.2, -0.15) is 0 Å². The fourth-order valence-corrected chi connectivity index (χ4v) is 6.99. The van der Waals surface area contributed by atoms with Gasteiger partial charge in [-0.05, 0) is 73.9 Å². The number of rotatable bonds is 5. The molecule has 0 aliphatic carbocycles. The normalized spacial score (nSPS) is 25.3. The minimum Gasteiger partial charge on any atom is -0.423 e. The lowest BCUT2D eigenvalue weighted by molar-refractivity contribution is 0.0242. The molecule has 37 heavy (non-hydrogen) atoms. The molecular formula is C30H37ClN4O2. The molecule has 2 fully saturated rings. The molecule has 2 aromatic carbocycles. The number of aliphatic hydroxyl groups excluding tert-OH is 1. The third-order valence-corrected chi connectivity index (χ3v) is 9.42. The van der Waals surface area contributed by atoms with E-state index in [1.54, 1.807) is 6.20 Å². The van der Waals surface area contributed by atoms with Crippen LogP contribution in [0.25, 0.3) is 11.3 Å². The second-order valence-corrected chi connectivity index (χ2v) is 11.8. The van der Waals surface area contributed by atoms with Crippen molar-refractivity contribution in [2.24, 2.45) is 11.8 Å². The van der Waals surface area contributed by atoms with Crippen molar-refractivity contribution in [2.75, 3.05) is 49.5 Å². The zero-order valence-corrected chi connectivity index (χ0v) is 22.5. The number of likely N-dealkylation sites (tertiary alicyclic amines) is 1. The lowest BCUT2D eigenvalue weighted by Crippen LogP contribution is -2.52. The minimum atomic E-state index is -0.303. The van der Waals surface area contributed by atoms with E-state index in [0.29, 0.717) is 28.6 Å². The Morgan fingerprint density at radius 1 is 1.19 bits per heavy atom. The first kappa shape index (κ1) is 24.8. The van der Waals surface area contributed by atoms with Gasteiger partial charge >= 0.3 is 0 Å². The highest BCUT2D eigenvalue weighted by atomic mass is 35.5. The Balaban J connectivity index is 1.02. The van der Waals surface area contributed by atoms with Gasteiger partial charge in [0.25, 0.3) is 6.01 Å². The number of aryl methyl sites for hydroxylation is 1. The molecule has 0 amide bonds. The summed E-state index contributed by atoms with van der Waals surface area (Å²) in [5.74, 6) is 1.54. The van der Waals surface area contributed by atoms with Crippen molar-refractivity contribution in [1.82, 2.24) is 9.88 Å². The van der Waals surface area contributed by atoms with Gasteiger partial charge in [0.1, 0.15) is 0 Å². The molecule has 1 aromatic heterocycles. The van der Waals surface area contributed by atoms with Crippen molar-refractivity contribution in [3.63, 3.8) is 0 Å². The molecule has 3 aromatic rings. The van der Waals surface area contributed by atoms with Crippen LogP contribution in [0.3, 0.4) is 0 Å². The summed E-state index contributed by atoms with van der Waals surface area (Å²) in [7, 11) is 0. The fourth-order valence-electron chi connectivity index (χ4n) is 6.76. The van der Waals surface area contributed by atoms with Crippen LogP contribution >= 0.6 is 11.6 Å². The predicted octanol–water partition coefficient (Wildman–Crippen LogP) is 5.59. The average Bonchev–Trinajstić information content (AvgIpc) is 3.53. The molecule has 4 heterocycles. The molecule has 6 nitrogen and oxygen atoms in total. The van der Waals surface area contributed by atoms with Gasteiger partial charge in [-0.15, -0.1) is 0 Å². The fraction of sp³-hybridized carbons (Fsp3) is 0.500. The molecule has 0 bridgehead atoms. The van der Waals surface area contributed by atoms with Crippen LogP contribution in [-0.2, 0) is 5.41 Å². The topological polar surface area (TPSA) is 64.8 Å². The van der Waals surface area contributed by atoms with Crippen molar-refractivity contribution >= 4 is 23.3 Å². The molecule has 7 heteroatoms. The number of hydrogen-bond acceptors (Lipinski definition) is 6. The lowest BCUT2D eigenvalue weighted by atomic mass is 9.67. The molecule has 6 rings (SSSR count).